The Bertz CT molecular complexity index is 879. The largest absolute Gasteiger partial charge is 0.362 e. The number of pyridine rings is 2. The van der Waals surface area contributed by atoms with E-state index >= 15 is 0 Å². The first-order valence-electron chi connectivity index (χ1n) is 7.03. The molecule has 2 aromatic heterocycles. The molecule has 0 aliphatic carbocycles. The molecule has 0 atom stereocenters. The SMILES string of the molecule is CN(C)c1ncc(Br)cc1C(=O)Nc1ccc2ncccc2c1. The molecule has 6 heteroatoms. The van der Waals surface area contributed by atoms with Crippen molar-refractivity contribution >= 4 is 44.2 Å². The lowest BCUT2D eigenvalue weighted by Crippen LogP contribution is -2.19. The molecule has 1 aromatic carbocycles. The van der Waals surface area contributed by atoms with E-state index in [-0.39, 0.29) is 5.91 Å². The summed E-state index contributed by atoms with van der Waals surface area (Å²) < 4.78 is 0.760. The minimum atomic E-state index is -0.203. The maximum atomic E-state index is 12.6. The van der Waals surface area contributed by atoms with Crippen LogP contribution in [0.4, 0.5) is 11.5 Å². The van der Waals surface area contributed by atoms with Crippen molar-refractivity contribution in [2.24, 2.45) is 0 Å². The highest BCUT2D eigenvalue weighted by molar-refractivity contribution is 9.10. The number of amides is 1. The van der Waals surface area contributed by atoms with Crippen LogP contribution in [-0.4, -0.2) is 30.0 Å². The zero-order chi connectivity index (χ0) is 16.4. The van der Waals surface area contributed by atoms with Gasteiger partial charge >= 0.3 is 0 Å². The minimum absolute atomic E-state index is 0.203. The lowest BCUT2D eigenvalue weighted by atomic mass is 10.2. The normalized spacial score (nSPS) is 10.6. The van der Waals surface area contributed by atoms with E-state index < -0.39 is 0 Å². The van der Waals surface area contributed by atoms with Crippen LogP contribution in [0, 0.1) is 0 Å². The highest BCUT2D eigenvalue weighted by Gasteiger charge is 2.15. The first-order valence-corrected chi connectivity index (χ1v) is 7.83. The molecule has 0 bridgehead atoms. The van der Waals surface area contributed by atoms with Crippen molar-refractivity contribution in [3.63, 3.8) is 0 Å². The number of carbonyl (C=O) groups is 1. The highest BCUT2D eigenvalue weighted by Crippen LogP contribution is 2.22. The first kappa shape index (κ1) is 15.4. The van der Waals surface area contributed by atoms with Gasteiger partial charge in [-0.2, -0.15) is 0 Å². The summed E-state index contributed by atoms with van der Waals surface area (Å²) in [6.07, 6.45) is 3.42. The average Bonchev–Trinajstić information content (AvgIpc) is 2.54. The van der Waals surface area contributed by atoms with Crippen LogP contribution in [0.15, 0.2) is 53.3 Å². The standard InChI is InChI=1S/C17H15BrN4O/c1-22(2)16-14(9-12(18)10-20-16)17(23)21-13-5-6-15-11(8-13)4-3-7-19-15/h3-10H,1-2H3,(H,21,23). The predicted molar refractivity (Wildman–Crippen MR) is 96.0 cm³/mol. The molecule has 1 N–H and O–H groups in total. The fourth-order valence-electron chi connectivity index (χ4n) is 2.31. The molecule has 3 aromatic rings. The second kappa shape index (κ2) is 6.34. The molecule has 0 saturated heterocycles. The summed E-state index contributed by atoms with van der Waals surface area (Å²) in [6, 6.07) is 11.2. The third kappa shape index (κ3) is 3.32. The smallest absolute Gasteiger partial charge is 0.259 e. The molecular formula is C17H15BrN4O. The molecule has 0 aliphatic rings. The Morgan fingerprint density at radius 1 is 1.17 bits per heavy atom. The Morgan fingerprint density at radius 2 is 2.00 bits per heavy atom. The number of aromatic nitrogens is 2. The molecule has 23 heavy (non-hydrogen) atoms. The second-order valence-corrected chi connectivity index (χ2v) is 6.20. The van der Waals surface area contributed by atoms with Gasteiger partial charge in [0, 0.05) is 42.0 Å². The van der Waals surface area contributed by atoms with E-state index in [1.54, 1.807) is 18.5 Å². The average molecular weight is 371 g/mol. The van der Waals surface area contributed by atoms with Crippen molar-refractivity contribution in [2.45, 2.75) is 0 Å². The Balaban J connectivity index is 1.93. The van der Waals surface area contributed by atoms with Crippen molar-refractivity contribution in [2.75, 3.05) is 24.3 Å². The lowest BCUT2D eigenvalue weighted by Gasteiger charge is -2.16. The van der Waals surface area contributed by atoms with Crippen LogP contribution >= 0.6 is 15.9 Å². The molecule has 3 rings (SSSR count). The molecule has 0 fully saturated rings. The molecular weight excluding hydrogens is 356 g/mol. The van der Waals surface area contributed by atoms with Crippen molar-refractivity contribution in [1.29, 1.82) is 0 Å². The van der Waals surface area contributed by atoms with E-state index in [0.29, 0.717) is 11.4 Å². The summed E-state index contributed by atoms with van der Waals surface area (Å²) >= 11 is 3.36. The van der Waals surface area contributed by atoms with Gasteiger partial charge in [-0.25, -0.2) is 4.98 Å². The van der Waals surface area contributed by atoms with Crippen molar-refractivity contribution < 1.29 is 4.79 Å². The van der Waals surface area contributed by atoms with Crippen molar-refractivity contribution in [3.8, 4) is 0 Å². The summed E-state index contributed by atoms with van der Waals surface area (Å²) in [5, 5.41) is 3.90. The molecule has 5 nitrogen and oxygen atoms in total. The van der Waals surface area contributed by atoms with E-state index in [1.165, 1.54) is 0 Å². The molecule has 0 aliphatic heterocycles. The van der Waals surface area contributed by atoms with Gasteiger partial charge in [0.1, 0.15) is 5.82 Å². The Hall–Kier alpha value is -2.47. The van der Waals surface area contributed by atoms with E-state index in [1.807, 2.05) is 49.3 Å². The number of carbonyl (C=O) groups excluding carboxylic acids is 1. The topological polar surface area (TPSA) is 58.1 Å². The molecule has 116 valence electrons. The fraction of sp³-hybridized carbons (Fsp3) is 0.118. The number of hydrogen-bond donors (Lipinski definition) is 1. The monoisotopic (exact) mass is 370 g/mol. The van der Waals surface area contributed by atoms with E-state index in [0.717, 1.165) is 21.1 Å². The Morgan fingerprint density at radius 3 is 2.78 bits per heavy atom. The fourth-order valence-corrected chi connectivity index (χ4v) is 2.64. The van der Waals surface area contributed by atoms with Gasteiger partial charge in [-0.05, 0) is 46.3 Å². The van der Waals surface area contributed by atoms with Crippen LogP contribution in [0.5, 0.6) is 0 Å². The van der Waals surface area contributed by atoms with Gasteiger partial charge in [-0.3, -0.25) is 9.78 Å². The molecule has 0 spiro atoms. The summed E-state index contributed by atoms with van der Waals surface area (Å²) in [5.41, 5.74) is 2.12. The first-order chi connectivity index (χ1) is 11.0. The molecule has 1 amide bonds. The number of rotatable bonds is 3. The van der Waals surface area contributed by atoms with Gasteiger partial charge in [0.05, 0.1) is 11.1 Å². The molecule has 0 unspecified atom stereocenters. The summed E-state index contributed by atoms with van der Waals surface area (Å²) in [6.45, 7) is 0. The number of halogens is 1. The van der Waals surface area contributed by atoms with Gasteiger partial charge in [-0.15, -0.1) is 0 Å². The number of hydrogen-bond acceptors (Lipinski definition) is 4. The number of anilines is 2. The summed E-state index contributed by atoms with van der Waals surface area (Å²) in [5.74, 6) is 0.416. The molecule has 2 heterocycles. The zero-order valence-corrected chi connectivity index (χ0v) is 14.3. The summed E-state index contributed by atoms with van der Waals surface area (Å²) in [7, 11) is 3.71. The van der Waals surface area contributed by atoms with Crippen LogP contribution < -0.4 is 10.2 Å². The quantitative estimate of drug-likeness (QED) is 0.763. The minimum Gasteiger partial charge on any atom is -0.362 e. The Labute approximate surface area is 142 Å². The second-order valence-electron chi connectivity index (χ2n) is 5.28. The molecule has 0 saturated carbocycles. The van der Waals surface area contributed by atoms with Crippen molar-refractivity contribution in [3.05, 3.63) is 58.8 Å². The summed E-state index contributed by atoms with van der Waals surface area (Å²) in [4.78, 5) is 23.0. The van der Waals surface area contributed by atoms with Gasteiger partial charge in [0.2, 0.25) is 0 Å². The number of nitrogens with one attached hydrogen (secondary N) is 1. The van der Waals surface area contributed by atoms with E-state index in [4.69, 9.17) is 0 Å². The van der Waals surface area contributed by atoms with E-state index in [2.05, 4.69) is 31.2 Å². The van der Waals surface area contributed by atoms with Crippen LogP contribution in [0.2, 0.25) is 0 Å². The van der Waals surface area contributed by atoms with Gasteiger partial charge < -0.3 is 10.2 Å². The van der Waals surface area contributed by atoms with Crippen LogP contribution in [0.25, 0.3) is 10.9 Å². The van der Waals surface area contributed by atoms with Crippen LogP contribution in [-0.2, 0) is 0 Å². The number of fused-ring (bicyclic) bond motifs is 1. The third-order valence-corrected chi connectivity index (χ3v) is 3.80. The molecule has 0 radical (unpaired) electrons. The third-order valence-electron chi connectivity index (χ3n) is 3.36. The van der Waals surface area contributed by atoms with Crippen LogP contribution in [0.1, 0.15) is 10.4 Å². The van der Waals surface area contributed by atoms with Gasteiger partial charge in [0.15, 0.2) is 0 Å². The predicted octanol–water partition coefficient (Wildman–Crippen LogP) is 3.71. The number of nitrogens with zero attached hydrogens (tertiary/aromatic N) is 3. The zero-order valence-electron chi connectivity index (χ0n) is 12.7. The van der Waals surface area contributed by atoms with Crippen LogP contribution in [0.3, 0.4) is 0 Å². The van der Waals surface area contributed by atoms with Gasteiger partial charge in [-0.1, -0.05) is 6.07 Å². The highest BCUT2D eigenvalue weighted by atomic mass is 79.9. The van der Waals surface area contributed by atoms with E-state index in [9.17, 15) is 4.79 Å². The lowest BCUT2D eigenvalue weighted by molar-refractivity contribution is 0.102. The Kier molecular flexibility index (Phi) is 4.25. The number of benzene rings is 1. The maximum Gasteiger partial charge on any atom is 0.259 e. The van der Waals surface area contributed by atoms with Gasteiger partial charge in [0.25, 0.3) is 5.91 Å². The van der Waals surface area contributed by atoms with Crippen molar-refractivity contribution in [1.82, 2.24) is 9.97 Å². The maximum absolute atomic E-state index is 12.6.